The number of halogens is 1. The molecule has 0 aliphatic heterocycles. The van der Waals surface area contributed by atoms with Gasteiger partial charge in [-0.15, -0.1) is 0 Å². The van der Waals surface area contributed by atoms with Gasteiger partial charge in [-0.2, -0.15) is 0 Å². The minimum absolute atomic E-state index is 0.187. The number of hydrogen-bond donors (Lipinski definition) is 1. The fourth-order valence-corrected chi connectivity index (χ4v) is 3.32. The molecule has 0 aliphatic rings. The molecular weight excluding hydrogens is 367 g/mol. The third-order valence-electron chi connectivity index (χ3n) is 4.88. The Bertz CT molecular complexity index is 1240. The Morgan fingerprint density at radius 2 is 1.97 bits per heavy atom. The first-order valence-corrected chi connectivity index (χ1v) is 9.08. The lowest BCUT2D eigenvalue weighted by Gasteiger charge is -2.17. The zero-order valence-corrected chi connectivity index (χ0v) is 16.1. The van der Waals surface area contributed by atoms with Crippen molar-refractivity contribution in [1.82, 2.24) is 15.0 Å². The molecule has 0 atom stereocenters. The Morgan fingerprint density at radius 1 is 1.14 bits per heavy atom. The Labute approximate surface area is 167 Å². The number of amides is 1. The standard InChI is InChI=1S/C23H19FN4O/c1-4-22(29)28(3)21-11-15(5-6-20(21)24)17-10-18-19(13-27-23(18)26-12-17)16-7-8-25-14(2)9-16/h4-13H,1H2,2-3H3,(H,26,27). The van der Waals surface area contributed by atoms with Crippen molar-refractivity contribution in [1.29, 1.82) is 0 Å². The van der Waals surface area contributed by atoms with E-state index in [1.54, 1.807) is 24.5 Å². The van der Waals surface area contributed by atoms with Crippen LogP contribution in [0.4, 0.5) is 10.1 Å². The molecule has 1 N–H and O–H groups in total. The van der Waals surface area contributed by atoms with Crippen molar-refractivity contribution in [3.05, 3.63) is 79.2 Å². The number of carbonyl (C=O) groups is 1. The van der Waals surface area contributed by atoms with Gasteiger partial charge in [-0.25, -0.2) is 9.37 Å². The van der Waals surface area contributed by atoms with Gasteiger partial charge in [0.05, 0.1) is 5.69 Å². The molecule has 0 radical (unpaired) electrons. The summed E-state index contributed by atoms with van der Waals surface area (Å²) < 4.78 is 14.3. The second kappa shape index (κ2) is 7.31. The zero-order chi connectivity index (χ0) is 20.5. The van der Waals surface area contributed by atoms with Gasteiger partial charge in [0, 0.05) is 47.8 Å². The number of pyridine rings is 2. The average Bonchev–Trinajstić information content (AvgIpc) is 3.16. The number of nitrogens with one attached hydrogen (secondary N) is 1. The van der Waals surface area contributed by atoms with Crippen LogP contribution in [0.1, 0.15) is 5.69 Å². The molecule has 1 aromatic carbocycles. The lowest BCUT2D eigenvalue weighted by atomic mass is 10.0. The molecular formula is C23H19FN4O. The van der Waals surface area contributed by atoms with E-state index in [0.29, 0.717) is 0 Å². The number of rotatable bonds is 4. The number of benzene rings is 1. The van der Waals surface area contributed by atoms with Crippen molar-refractivity contribution in [2.45, 2.75) is 6.92 Å². The van der Waals surface area contributed by atoms with Crippen LogP contribution in [-0.2, 0) is 4.79 Å². The fraction of sp³-hybridized carbons (Fsp3) is 0.0870. The van der Waals surface area contributed by atoms with Crippen LogP contribution in [0, 0.1) is 12.7 Å². The van der Waals surface area contributed by atoms with Crippen molar-refractivity contribution >= 4 is 22.6 Å². The number of carbonyl (C=O) groups excluding carboxylic acids is 1. The number of likely N-dealkylation sites (N-methyl/N-ethyl adjacent to an activating group) is 1. The van der Waals surface area contributed by atoms with Gasteiger partial charge in [0.15, 0.2) is 0 Å². The van der Waals surface area contributed by atoms with Gasteiger partial charge in [0.25, 0.3) is 0 Å². The van der Waals surface area contributed by atoms with E-state index in [1.165, 1.54) is 18.0 Å². The number of anilines is 1. The first-order valence-electron chi connectivity index (χ1n) is 9.08. The van der Waals surface area contributed by atoms with Gasteiger partial charge in [-0.05, 0) is 54.5 Å². The van der Waals surface area contributed by atoms with Gasteiger partial charge in [-0.3, -0.25) is 9.78 Å². The maximum atomic E-state index is 14.3. The first kappa shape index (κ1) is 18.6. The highest BCUT2D eigenvalue weighted by atomic mass is 19.1. The molecule has 0 fully saturated rings. The summed E-state index contributed by atoms with van der Waals surface area (Å²) in [5.74, 6) is -0.856. The Morgan fingerprint density at radius 3 is 2.72 bits per heavy atom. The molecule has 4 rings (SSSR count). The number of H-pyrrole nitrogens is 1. The summed E-state index contributed by atoms with van der Waals surface area (Å²) in [6, 6.07) is 10.6. The summed E-state index contributed by atoms with van der Waals surface area (Å²) in [5.41, 5.74) is 5.52. The molecule has 4 aromatic rings. The zero-order valence-electron chi connectivity index (χ0n) is 16.1. The monoisotopic (exact) mass is 386 g/mol. The predicted octanol–water partition coefficient (Wildman–Crippen LogP) is 4.89. The highest BCUT2D eigenvalue weighted by molar-refractivity contribution is 6.01. The summed E-state index contributed by atoms with van der Waals surface area (Å²) in [7, 11) is 1.52. The number of nitrogens with zero attached hydrogens (tertiary/aromatic N) is 3. The highest BCUT2D eigenvalue weighted by Crippen LogP contribution is 2.32. The van der Waals surface area contributed by atoms with E-state index < -0.39 is 5.82 Å². The number of aromatic nitrogens is 3. The van der Waals surface area contributed by atoms with Crippen LogP contribution >= 0.6 is 0 Å². The SMILES string of the molecule is C=CC(=O)N(C)c1cc(-c2cnc3[nH]cc(-c4ccnc(C)c4)c3c2)ccc1F. The van der Waals surface area contributed by atoms with Crippen LogP contribution in [0.15, 0.2) is 67.6 Å². The smallest absolute Gasteiger partial charge is 0.250 e. The van der Waals surface area contributed by atoms with E-state index in [2.05, 4.69) is 21.5 Å². The van der Waals surface area contributed by atoms with Gasteiger partial charge in [-0.1, -0.05) is 12.6 Å². The van der Waals surface area contributed by atoms with Crippen molar-refractivity contribution in [2.24, 2.45) is 0 Å². The summed E-state index contributed by atoms with van der Waals surface area (Å²) in [6.45, 7) is 5.41. The summed E-state index contributed by atoms with van der Waals surface area (Å²) >= 11 is 0. The summed E-state index contributed by atoms with van der Waals surface area (Å²) in [5, 5.41) is 0.953. The molecule has 0 saturated carbocycles. The Balaban J connectivity index is 1.82. The Hall–Kier alpha value is -3.80. The third kappa shape index (κ3) is 3.40. The average molecular weight is 386 g/mol. The molecule has 0 unspecified atom stereocenters. The van der Waals surface area contributed by atoms with Crippen LogP contribution in [0.25, 0.3) is 33.3 Å². The maximum Gasteiger partial charge on any atom is 0.250 e. The van der Waals surface area contributed by atoms with E-state index in [4.69, 9.17) is 0 Å². The van der Waals surface area contributed by atoms with E-state index in [1.807, 2.05) is 31.3 Å². The molecule has 144 valence electrons. The maximum absolute atomic E-state index is 14.3. The molecule has 3 aromatic heterocycles. The third-order valence-corrected chi connectivity index (χ3v) is 4.88. The van der Waals surface area contributed by atoms with Crippen LogP contribution in [0.5, 0.6) is 0 Å². The van der Waals surface area contributed by atoms with Crippen molar-refractivity contribution < 1.29 is 9.18 Å². The van der Waals surface area contributed by atoms with Crippen LogP contribution in [0.3, 0.4) is 0 Å². The molecule has 6 heteroatoms. The van der Waals surface area contributed by atoms with Crippen LogP contribution < -0.4 is 4.90 Å². The van der Waals surface area contributed by atoms with Gasteiger partial charge in [0.2, 0.25) is 5.91 Å². The minimum Gasteiger partial charge on any atom is -0.346 e. The predicted molar refractivity (Wildman–Crippen MR) is 113 cm³/mol. The normalized spacial score (nSPS) is 10.9. The molecule has 29 heavy (non-hydrogen) atoms. The summed E-state index contributed by atoms with van der Waals surface area (Å²) in [4.78, 5) is 25.1. The first-order chi connectivity index (χ1) is 14.0. The van der Waals surface area contributed by atoms with E-state index in [0.717, 1.165) is 45.1 Å². The fourth-order valence-electron chi connectivity index (χ4n) is 3.32. The molecule has 0 bridgehead atoms. The van der Waals surface area contributed by atoms with Gasteiger partial charge in [0.1, 0.15) is 11.5 Å². The molecule has 5 nitrogen and oxygen atoms in total. The largest absolute Gasteiger partial charge is 0.346 e. The summed E-state index contributed by atoms with van der Waals surface area (Å²) in [6.07, 6.45) is 6.58. The number of aromatic amines is 1. The van der Waals surface area contributed by atoms with Crippen LogP contribution in [-0.4, -0.2) is 27.9 Å². The second-order valence-electron chi connectivity index (χ2n) is 6.78. The van der Waals surface area contributed by atoms with Crippen molar-refractivity contribution in [3.8, 4) is 22.3 Å². The lowest BCUT2D eigenvalue weighted by molar-refractivity contribution is -0.113. The van der Waals surface area contributed by atoms with E-state index in [-0.39, 0.29) is 11.6 Å². The highest BCUT2D eigenvalue weighted by Gasteiger charge is 2.15. The van der Waals surface area contributed by atoms with E-state index in [9.17, 15) is 9.18 Å². The molecule has 0 saturated heterocycles. The van der Waals surface area contributed by atoms with E-state index >= 15 is 0 Å². The number of aryl methyl sites for hydroxylation is 1. The molecule has 1 amide bonds. The molecule has 0 spiro atoms. The van der Waals surface area contributed by atoms with Gasteiger partial charge >= 0.3 is 0 Å². The molecule has 0 aliphatic carbocycles. The van der Waals surface area contributed by atoms with Crippen molar-refractivity contribution in [2.75, 3.05) is 11.9 Å². The van der Waals surface area contributed by atoms with Crippen molar-refractivity contribution in [3.63, 3.8) is 0 Å². The molecule has 3 heterocycles. The lowest BCUT2D eigenvalue weighted by Crippen LogP contribution is -2.24. The minimum atomic E-state index is -0.477. The quantitative estimate of drug-likeness (QED) is 0.508. The van der Waals surface area contributed by atoms with Crippen LogP contribution in [0.2, 0.25) is 0 Å². The van der Waals surface area contributed by atoms with Gasteiger partial charge < -0.3 is 9.88 Å². The topological polar surface area (TPSA) is 61.9 Å². The number of fused-ring (bicyclic) bond motifs is 1. The number of hydrogen-bond acceptors (Lipinski definition) is 3. The Kier molecular flexibility index (Phi) is 4.68. The second-order valence-corrected chi connectivity index (χ2v) is 6.78.